The summed E-state index contributed by atoms with van der Waals surface area (Å²) in [4.78, 5) is 13.0. The second-order valence-electron chi connectivity index (χ2n) is 6.26. The van der Waals surface area contributed by atoms with Crippen molar-refractivity contribution in [3.05, 3.63) is 70.9 Å². The summed E-state index contributed by atoms with van der Waals surface area (Å²) in [6, 6.07) is 7.03. The predicted molar refractivity (Wildman–Crippen MR) is 97.1 cm³/mol. The van der Waals surface area contributed by atoms with Crippen LogP contribution in [0.3, 0.4) is 0 Å². The van der Waals surface area contributed by atoms with Gasteiger partial charge in [-0.15, -0.1) is 0 Å². The highest BCUT2D eigenvalue weighted by Crippen LogP contribution is 2.27. The third-order valence-electron chi connectivity index (χ3n) is 4.40. The van der Waals surface area contributed by atoms with Gasteiger partial charge in [-0.05, 0) is 43.7 Å². The zero-order chi connectivity index (χ0) is 19.1. The van der Waals surface area contributed by atoms with Crippen molar-refractivity contribution in [2.24, 2.45) is 0 Å². The number of anilines is 1. The van der Waals surface area contributed by atoms with Crippen LogP contribution in [0.5, 0.6) is 0 Å². The normalized spacial score (nSPS) is 11.3. The first-order chi connectivity index (χ1) is 12.9. The maximum absolute atomic E-state index is 14.2. The predicted octanol–water partition coefficient (Wildman–Crippen LogP) is 3.25. The Kier molecular flexibility index (Phi) is 4.02. The molecule has 1 aromatic carbocycles. The number of benzene rings is 1. The van der Waals surface area contributed by atoms with Crippen LogP contribution in [0, 0.1) is 25.5 Å². The average Bonchev–Trinajstić information content (AvgIpc) is 3.07. The van der Waals surface area contributed by atoms with Gasteiger partial charge in [0.2, 0.25) is 0 Å². The lowest BCUT2D eigenvalue weighted by Crippen LogP contribution is -2.05. The minimum absolute atomic E-state index is 0.0266. The van der Waals surface area contributed by atoms with Crippen LogP contribution in [-0.4, -0.2) is 24.6 Å². The van der Waals surface area contributed by atoms with E-state index in [9.17, 15) is 8.78 Å². The fourth-order valence-electron chi connectivity index (χ4n) is 2.97. The molecule has 0 aliphatic rings. The lowest BCUT2D eigenvalue weighted by molar-refractivity contribution is 0.602. The molecule has 3 heterocycles. The molecule has 136 valence electrons. The maximum Gasteiger partial charge on any atom is 0.198 e. The highest BCUT2D eigenvalue weighted by atomic mass is 19.1. The summed E-state index contributed by atoms with van der Waals surface area (Å²) in [5, 5.41) is 4.48. The largest absolute Gasteiger partial charge is 0.381 e. The number of nitrogens with two attached hydrogens (primary N) is 1. The Labute approximate surface area is 153 Å². The topological polar surface area (TPSA) is 82.0 Å². The van der Waals surface area contributed by atoms with Crippen LogP contribution in [0.25, 0.3) is 16.9 Å². The van der Waals surface area contributed by atoms with Gasteiger partial charge in [0.1, 0.15) is 11.6 Å². The number of rotatable bonds is 3. The fourth-order valence-corrected chi connectivity index (χ4v) is 2.97. The van der Waals surface area contributed by atoms with Crippen LogP contribution in [0.1, 0.15) is 22.8 Å². The van der Waals surface area contributed by atoms with Crippen molar-refractivity contribution in [2.45, 2.75) is 20.3 Å². The Bertz CT molecular complexity index is 1170. The van der Waals surface area contributed by atoms with Gasteiger partial charge in [0.15, 0.2) is 17.3 Å². The molecular weight excluding hydrogens is 350 g/mol. The number of hydrogen-bond donors (Lipinski definition) is 1. The van der Waals surface area contributed by atoms with E-state index in [1.807, 2.05) is 19.1 Å². The molecule has 0 fully saturated rings. The fraction of sp³-hybridized carbons (Fsp3) is 0.158. The van der Waals surface area contributed by atoms with Gasteiger partial charge in [-0.1, -0.05) is 6.07 Å². The average molecular weight is 366 g/mol. The number of aryl methyl sites for hydroxylation is 2. The number of fused-ring (bicyclic) bond motifs is 1. The minimum atomic E-state index is -0.588. The number of halogens is 2. The summed E-state index contributed by atoms with van der Waals surface area (Å²) in [5.41, 5.74) is 9.04. The molecule has 2 N–H and O–H groups in total. The number of hydrogen-bond acceptors (Lipinski definition) is 5. The van der Waals surface area contributed by atoms with Crippen molar-refractivity contribution in [3.63, 3.8) is 0 Å². The number of nitrogen functional groups attached to an aromatic ring is 1. The summed E-state index contributed by atoms with van der Waals surface area (Å²) in [7, 11) is 0. The van der Waals surface area contributed by atoms with Crippen molar-refractivity contribution < 1.29 is 8.78 Å². The SMILES string of the molecule is Cc1cccnc1Cc1nc2c(N)nc(-c3cc(F)ccc3F)c(C)n2n1. The minimum Gasteiger partial charge on any atom is -0.381 e. The van der Waals surface area contributed by atoms with Crippen LogP contribution in [-0.2, 0) is 6.42 Å². The van der Waals surface area contributed by atoms with Crippen molar-refractivity contribution in [2.75, 3.05) is 5.73 Å². The Morgan fingerprint density at radius 1 is 1.11 bits per heavy atom. The van der Waals surface area contributed by atoms with E-state index in [1.165, 1.54) is 4.52 Å². The van der Waals surface area contributed by atoms with E-state index >= 15 is 0 Å². The van der Waals surface area contributed by atoms with Gasteiger partial charge < -0.3 is 5.73 Å². The van der Waals surface area contributed by atoms with Crippen molar-refractivity contribution in [3.8, 4) is 11.3 Å². The molecule has 0 amide bonds. The molecule has 0 saturated carbocycles. The molecule has 27 heavy (non-hydrogen) atoms. The highest BCUT2D eigenvalue weighted by Gasteiger charge is 2.18. The molecule has 0 spiro atoms. The number of pyridine rings is 1. The second kappa shape index (κ2) is 6.39. The van der Waals surface area contributed by atoms with Crippen LogP contribution >= 0.6 is 0 Å². The van der Waals surface area contributed by atoms with E-state index in [2.05, 4.69) is 20.1 Å². The van der Waals surface area contributed by atoms with Gasteiger partial charge in [-0.25, -0.2) is 23.3 Å². The Hall–Kier alpha value is -3.42. The Balaban J connectivity index is 1.85. The van der Waals surface area contributed by atoms with E-state index < -0.39 is 11.6 Å². The van der Waals surface area contributed by atoms with Crippen molar-refractivity contribution in [1.29, 1.82) is 0 Å². The van der Waals surface area contributed by atoms with Gasteiger partial charge in [0, 0.05) is 11.8 Å². The van der Waals surface area contributed by atoms with Crippen LogP contribution < -0.4 is 5.73 Å². The van der Waals surface area contributed by atoms with Crippen LogP contribution in [0.4, 0.5) is 14.6 Å². The van der Waals surface area contributed by atoms with Gasteiger partial charge in [0.05, 0.1) is 23.5 Å². The summed E-state index contributed by atoms with van der Waals surface area (Å²) >= 11 is 0. The van der Waals surface area contributed by atoms with E-state index in [4.69, 9.17) is 5.73 Å². The van der Waals surface area contributed by atoms with Gasteiger partial charge in [0.25, 0.3) is 0 Å². The molecule has 0 bridgehead atoms. The highest BCUT2D eigenvalue weighted by molar-refractivity contribution is 5.70. The third-order valence-corrected chi connectivity index (χ3v) is 4.40. The summed E-state index contributed by atoms with van der Waals surface area (Å²) in [6.07, 6.45) is 2.14. The molecule has 0 saturated heterocycles. The van der Waals surface area contributed by atoms with Gasteiger partial charge >= 0.3 is 0 Å². The molecule has 4 rings (SSSR count). The van der Waals surface area contributed by atoms with E-state index in [0.29, 0.717) is 23.6 Å². The van der Waals surface area contributed by atoms with E-state index in [-0.39, 0.29) is 17.1 Å². The summed E-state index contributed by atoms with van der Waals surface area (Å²) in [5.74, 6) is -0.535. The van der Waals surface area contributed by atoms with Gasteiger partial charge in [-0.2, -0.15) is 5.10 Å². The monoisotopic (exact) mass is 366 g/mol. The first kappa shape index (κ1) is 17.0. The lowest BCUT2D eigenvalue weighted by Gasteiger charge is -2.09. The molecule has 6 nitrogen and oxygen atoms in total. The van der Waals surface area contributed by atoms with Gasteiger partial charge in [-0.3, -0.25) is 4.98 Å². The smallest absolute Gasteiger partial charge is 0.198 e. The molecule has 8 heteroatoms. The number of aromatic nitrogens is 5. The van der Waals surface area contributed by atoms with Crippen molar-refractivity contribution in [1.82, 2.24) is 24.6 Å². The molecular formula is C19H16F2N6. The second-order valence-corrected chi connectivity index (χ2v) is 6.26. The molecule has 0 unspecified atom stereocenters. The zero-order valence-corrected chi connectivity index (χ0v) is 14.7. The summed E-state index contributed by atoms with van der Waals surface area (Å²) in [6.45, 7) is 3.67. The van der Waals surface area contributed by atoms with Crippen LogP contribution in [0.2, 0.25) is 0 Å². The molecule has 0 aliphatic heterocycles. The molecule has 0 aliphatic carbocycles. The third kappa shape index (κ3) is 2.99. The summed E-state index contributed by atoms with van der Waals surface area (Å²) < 4.78 is 29.3. The Morgan fingerprint density at radius 2 is 1.93 bits per heavy atom. The molecule has 0 radical (unpaired) electrons. The van der Waals surface area contributed by atoms with E-state index in [0.717, 1.165) is 29.5 Å². The molecule has 4 aromatic rings. The quantitative estimate of drug-likeness (QED) is 0.602. The van der Waals surface area contributed by atoms with Crippen LogP contribution in [0.15, 0.2) is 36.5 Å². The molecule has 3 aromatic heterocycles. The Morgan fingerprint density at radius 3 is 2.70 bits per heavy atom. The molecule has 0 atom stereocenters. The van der Waals surface area contributed by atoms with Crippen molar-refractivity contribution >= 4 is 11.5 Å². The standard InChI is InChI=1S/C19H16F2N6/c1-10-4-3-7-23-15(10)9-16-24-19-18(22)25-17(11(2)27(19)26-16)13-8-12(20)5-6-14(13)21/h3-8H,9H2,1-2H3,(H2,22,25). The maximum atomic E-state index is 14.2. The zero-order valence-electron chi connectivity index (χ0n) is 14.7. The first-order valence-corrected chi connectivity index (χ1v) is 8.31. The number of nitrogens with zero attached hydrogens (tertiary/aromatic N) is 5. The first-order valence-electron chi connectivity index (χ1n) is 8.31. The lowest BCUT2D eigenvalue weighted by atomic mass is 10.1. The van der Waals surface area contributed by atoms with E-state index in [1.54, 1.807) is 13.1 Å².